The third-order valence-electron chi connectivity index (χ3n) is 15.2. The predicted molar refractivity (Wildman–Crippen MR) is 312 cm³/mol. The summed E-state index contributed by atoms with van der Waals surface area (Å²) in [5, 5.41) is 0. The summed E-state index contributed by atoms with van der Waals surface area (Å²) in [6.07, 6.45) is 4.10. The number of methoxy groups -OCH3 is 10. The van der Waals surface area contributed by atoms with E-state index in [1.165, 1.54) is 85.0 Å². The summed E-state index contributed by atoms with van der Waals surface area (Å²) in [7, 11) is 12.0. The Morgan fingerprint density at radius 1 is 0.429 bits per heavy atom. The molecular weight excluding hydrogens is 1120 g/mol. The first-order valence-corrected chi connectivity index (χ1v) is 29.6. The van der Waals surface area contributed by atoms with Crippen LogP contribution in [0.15, 0.2) is 131 Å². The van der Waals surface area contributed by atoms with Gasteiger partial charge in [-0.15, -0.1) is 0 Å². The Kier molecular flexibility index (Phi) is 24.6. The summed E-state index contributed by atoms with van der Waals surface area (Å²) in [6, 6.07) is 35.0. The Bertz CT molecular complexity index is 3140. The van der Waals surface area contributed by atoms with E-state index < -0.39 is 20.2 Å². The van der Waals surface area contributed by atoms with Crippen LogP contribution in [-0.4, -0.2) is 158 Å². The molecule has 20 nitrogen and oxygen atoms in total. The molecule has 0 radical (unpaired) electrons. The third-order valence-corrected chi connectivity index (χ3v) is 16.9. The van der Waals surface area contributed by atoms with Gasteiger partial charge in [-0.25, -0.2) is 16.8 Å². The molecule has 0 bridgehead atoms. The van der Waals surface area contributed by atoms with Gasteiger partial charge in [0.2, 0.25) is 0 Å². The molecule has 0 unspecified atom stereocenters. The maximum Gasteiger partial charge on any atom is 0.311 e. The number of carbonyl (C=O) groups is 2. The maximum atomic E-state index is 11.9. The van der Waals surface area contributed by atoms with Crippen LogP contribution in [0.4, 0.5) is 0 Å². The molecule has 2 heterocycles. The number of likely N-dealkylation sites (N-methyl/N-ethyl adjacent to an activating group) is 2. The number of carbonyl (C=O) groups excluding carboxylic acids is 2. The highest BCUT2D eigenvalue weighted by Crippen LogP contribution is 2.45. The van der Waals surface area contributed by atoms with Crippen LogP contribution in [0, 0.1) is 0 Å². The predicted octanol–water partition coefficient (Wildman–Crippen LogP) is 8.32. The van der Waals surface area contributed by atoms with Gasteiger partial charge in [0.05, 0.1) is 134 Å². The molecule has 2 aliphatic heterocycles. The summed E-state index contributed by atoms with van der Waals surface area (Å²) in [5.41, 5.74) is 7.21. The Balaban J connectivity index is 0.000000231. The topological polar surface area (TPSA) is 241 Å². The van der Waals surface area contributed by atoms with Crippen LogP contribution in [-0.2, 0) is 65.0 Å². The smallest absolute Gasteiger partial charge is 0.311 e. The van der Waals surface area contributed by atoms with Crippen molar-refractivity contribution in [1.82, 2.24) is 0 Å². The highest BCUT2D eigenvalue weighted by Gasteiger charge is 2.42. The quantitative estimate of drug-likeness (QED) is 0.0396. The zero-order valence-electron chi connectivity index (χ0n) is 49.8. The van der Waals surface area contributed by atoms with Crippen molar-refractivity contribution in [3.63, 3.8) is 0 Å². The zero-order valence-corrected chi connectivity index (χ0v) is 51.5. The number of quaternary nitrogens is 2. The van der Waals surface area contributed by atoms with Gasteiger partial charge in [0.25, 0.3) is 0 Å². The van der Waals surface area contributed by atoms with E-state index in [1.807, 2.05) is 24.3 Å². The molecule has 456 valence electrons. The summed E-state index contributed by atoms with van der Waals surface area (Å²) < 4.78 is 117. The van der Waals surface area contributed by atoms with Gasteiger partial charge in [-0.1, -0.05) is 48.5 Å². The van der Waals surface area contributed by atoms with Crippen LogP contribution in [0.3, 0.4) is 0 Å². The van der Waals surface area contributed by atoms with E-state index in [2.05, 4.69) is 50.5 Å². The first-order chi connectivity index (χ1) is 40.0. The van der Waals surface area contributed by atoms with Crippen molar-refractivity contribution in [2.75, 3.05) is 111 Å². The summed E-state index contributed by atoms with van der Waals surface area (Å²) >= 11 is 0. The fourth-order valence-electron chi connectivity index (χ4n) is 10.4. The van der Waals surface area contributed by atoms with Gasteiger partial charge in [0.15, 0.2) is 46.0 Å². The molecule has 2 aliphatic rings. The Morgan fingerprint density at radius 3 is 1.00 bits per heavy atom. The van der Waals surface area contributed by atoms with Gasteiger partial charge in [0, 0.05) is 36.8 Å². The van der Waals surface area contributed by atoms with E-state index in [9.17, 15) is 35.5 Å². The van der Waals surface area contributed by atoms with Crippen molar-refractivity contribution < 1.29 is 91.9 Å². The number of hydrogen-bond donors (Lipinski definition) is 0. The van der Waals surface area contributed by atoms with Gasteiger partial charge in [0.1, 0.15) is 32.3 Å². The lowest BCUT2D eigenvalue weighted by Gasteiger charge is -2.46. The van der Waals surface area contributed by atoms with Crippen LogP contribution in [0.25, 0.3) is 0 Å². The summed E-state index contributed by atoms with van der Waals surface area (Å²) in [6.45, 7) is 3.21. The van der Waals surface area contributed by atoms with E-state index in [0.29, 0.717) is 60.4 Å². The lowest BCUT2D eigenvalue weighted by molar-refractivity contribution is -0.940. The number of esters is 2. The monoisotopic (exact) mass is 1200 g/mol. The molecule has 6 aromatic carbocycles. The van der Waals surface area contributed by atoms with E-state index in [0.717, 1.165) is 70.4 Å². The van der Waals surface area contributed by atoms with Crippen LogP contribution in [0.1, 0.15) is 58.3 Å². The lowest BCUT2D eigenvalue weighted by Crippen LogP contribution is -2.53. The minimum Gasteiger partial charge on any atom is -0.744 e. The van der Waals surface area contributed by atoms with Crippen molar-refractivity contribution in [1.29, 1.82) is 0 Å². The van der Waals surface area contributed by atoms with Gasteiger partial charge >= 0.3 is 11.9 Å². The number of rotatable bonds is 20. The van der Waals surface area contributed by atoms with Gasteiger partial charge in [-0.3, -0.25) is 9.59 Å². The van der Waals surface area contributed by atoms with Crippen LogP contribution in [0.2, 0.25) is 0 Å². The second-order valence-electron chi connectivity index (χ2n) is 20.2. The van der Waals surface area contributed by atoms with Crippen molar-refractivity contribution in [2.45, 2.75) is 60.4 Å². The van der Waals surface area contributed by atoms with Crippen LogP contribution >= 0.6 is 0 Å². The number of hydrogen-bond acceptors (Lipinski definition) is 18. The largest absolute Gasteiger partial charge is 0.744 e. The summed E-state index contributed by atoms with van der Waals surface area (Å²) in [4.78, 5) is 23.5. The number of ether oxygens (including phenoxy) is 10. The molecule has 0 spiro atoms. The molecule has 4 atom stereocenters. The third kappa shape index (κ3) is 17.7. The number of benzene rings is 6. The molecular formula is C62H78N2O18S2. The van der Waals surface area contributed by atoms with Crippen LogP contribution in [0.5, 0.6) is 46.0 Å². The van der Waals surface area contributed by atoms with Crippen LogP contribution < -0.4 is 37.9 Å². The summed E-state index contributed by atoms with van der Waals surface area (Å²) in [5.74, 6) is 5.34. The average Bonchev–Trinajstić information content (AvgIpc) is 2.09. The SMILES string of the molecule is COC(=O)CC[N@+]1(C)CCc2cc(OC)c(OC)cc2[C@H]1Cc1ccc(OC)c(OC)c1.COC(=O)CC[N@@+]1(C)CCc2cc(OC)c(OC)cc2[C@H]1Cc1ccc(OC)c(OC)c1.O=S(=O)([O-])c1ccccc1.O=S(=O)([O-])c1ccccc1. The van der Waals surface area contributed by atoms with E-state index >= 15 is 0 Å². The molecule has 22 heteroatoms. The number of fused-ring (bicyclic) bond motifs is 2. The lowest BCUT2D eigenvalue weighted by atomic mass is 9.86. The maximum absolute atomic E-state index is 11.9. The Labute approximate surface area is 494 Å². The van der Waals surface area contributed by atoms with E-state index in [-0.39, 0.29) is 33.8 Å². The van der Waals surface area contributed by atoms with Gasteiger partial charge < -0.3 is 65.4 Å². The second-order valence-corrected chi connectivity index (χ2v) is 22.9. The highest BCUT2D eigenvalue weighted by atomic mass is 32.2. The molecule has 84 heavy (non-hydrogen) atoms. The highest BCUT2D eigenvalue weighted by molar-refractivity contribution is 7.86. The molecule has 0 saturated heterocycles. The average molecular weight is 1200 g/mol. The fraction of sp³-hybridized carbons (Fsp3) is 0.387. The Morgan fingerprint density at radius 2 is 0.726 bits per heavy atom. The Hall–Kier alpha value is -7.60. The van der Waals surface area contributed by atoms with Crippen molar-refractivity contribution in [3.05, 3.63) is 155 Å². The first kappa shape index (κ1) is 67.2. The molecule has 8 rings (SSSR count). The van der Waals surface area contributed by atoms with Gasteiger partial charge in [-0.2, -0.15) is 0 Å². The molecule has 0 aromatic heterocycles. The van der Waals surface area contributed by atoms with Gasteiger partial charge in [-0.05, 0) is 95.1 Å². The zero-order chi connectivity index (χ0) is 61.8. The van der Waals surface area contributed by atoms with Crippen molar-refractivity contribution >= 4 is 32.2 Å². The fourth-order valence-corrected chi connectivity index (χ4v) is 11.4. The second kappa shape index (κ2) is 30.8. The minimum absolute atomic E-state index is 0.126. The molecule has 0 saturated carbocycles. The van der Waals surface area contributed by atoms with Crippen molar-refractivity contribution in [3.8, 4) is 46.0 Å². The first-order valence-electron chi connectivity index (χ1n) is 26.7. The molecule has 0 amide bonds. The van der Waals surface area contributed by atoms with E-state index in [1.54, 1.807) is 69.0 Å². The minimum atomic E-state index is -4.25. The molecule has 6 aromatic rings. The van der Waals surface area contributed by atoms with Crippen molar-refractivity contribution in [2.24, 2.45) is 0 Å². The molecule has 0 aliphatic carbocycles. The normalized spacial score (nSPS) is 17.6. The number of nitrogens with zero attached hydrogens (tertiary/aromatic N) is 2. The molecule has 0 N–H and O–H groups in total. The van der Waals surface area contributed by atoms with E-state index in [4.69, 9.17) is 47.4 Å². The standard InChI is InChI=1S/2C25H34NO6.2C6H6O3S/c2*1-26(12-10-25(27)32-6)11-9-18-15-23(30-4)24(31-5)16-19(18)20(26)13-17-7-8-21(28-2)22(14-17)29-3;2*7-10(8,9)6-4-2-1-3-5-6/h2*7-8,14-16,20H,9-13H2,1-6H3;2*1-5H,(H,7,8,9)/q2*+1;;/p-2/t20-,26+;20-,26-;;/m11../s1. The molecule has 0 fully saturated rings.